The normalized spacial score (nSPS) is 38.2. The fourth-order valence-corrected chi connectivity index (χ4v) is 2.42. The topological polar surface area (TPSA) is 72.2 Å². The molecule has 0 aromatic carbocycles. The minimum Gasteiger partial charge on any atom is -0.369 e. The molecule has 2 amide bonds. The van der Waals surface area contributed by atoms with E-state index in [2.05, 4.69) is 5.32 Å². The molecule has 0 aromatic heterocycles. The molecule has 2 aliphatic rings. The molecule has 3 unspecified atom stereocenters. The van der Waals surface area contributed by atoms with Gasteiger partial charge in [-0.3, -0.25) is 9.59 Å². The van der Waals surface area contributed by atoms with E-state index in [0.29, 0.717) is 12.3 Å². The van der Waals surface area contributed by atoms with E-state index in [0.717, 1.165) is 19.4 Å². The minimum atomic E-state index is -0.252. The van der Waals surface area contributed by atoms with Gasteiger partial charge in [-0.2, -0.15) is 0 Å². The number of hydrogen-bond donors (Lipinski definition) is 2. The maximum Gasteiger partial charge on any atom is 0.223 e. The lowest BCUT2D eigenvalue weighted by atomic mass is 9.75. The summed E-state index contributed by atoms with van der Waals surface area (Å²) in [7, 11) is 0. The SMILES string of the molecule is NC(=O)C1CCC2CNC(=O)C2C1. The Kier molecular flexibility index (Phi) is 1.98. The highest BCUT2D eigenvalue weighted by Crippen LogP contribution is 2.36. The van der Waals surface area contributed by atoms with Crippen molar-refractivity contribution < 1.29 is 9.59 Å². The lowest BCUT2D eigenvalue weighted by Gasteiger charge is -2.27. The standard InChI is InChI=1S/C9H14N2O2/c10-8(12)5-1-2-6-4-11-9(13)7(6)3-5/h5-7H,1-4H2,(H2,10,12)(H,11,13). The van der Waals surface area contributed by atoms with Crippen LogP contribution in [0.3, 0.4) is 0 Å². The van der Waals surface area contributed by atoms with Crippen LogP contribution >= 0.6 is 0 Å². The highest BCUT2D eigenvalue weighted by molar-refractivity contribution is 5.83. The van der Waals surface area contributed by atoms with Gasteiger partial charge < -0.3 is 11.1 Å². The summed E-state index contributed by atoms with van der Waals surface area (Å²) in [5.41, 5.74) is 5.22. The molecule has 0 bridgehead atoms. The Bertz CT molecular complexity index is 252. The Labute approximate surface area is 76.9 Å². The minimum absolute atomic E-state index is 0.0475. The molecule has 1 saturated heterocycles. The number of nitrogens with two attached hydrogens (primary N) is 1. The summed E-state index contributed by atoms with van der Waals surface area (Å²) in [6.07, 6.45) is 2.47. The van der Waals surface area contributed by atoms with Crippen molar-refractivity contribution in [1.29, 1.82) is 0 Å². The van der Waals surface area contributed by atoms with Crippen LogP contribution in [0.5, 0.6) is 0 Å². The van der Waals surface area contributed by atoms with E-state index in [4.69, 9.17) is 5.73 Å². The molecule has 2 fully saturated rings. The molecular weight excluding hydrogens is 168 g/mol. The molecular formula is C9H14N2O2. The molecule has 4 heteroatoms. The fourth-order valence-electron chi connectivity index (χ4n) is 2.42. The average molecular weight is 182 g/mol. The monoisotopic (exact) mass is 182 g/mol. The van der Waals surface area contributed by atoms with Gasteiger partial charge in [-0.25, -0.2) is 0 Å². The average Bonchev–Trinajstić information content (AvgIpc) is 2.47. The summed E-state index contributed by atoms with van der Waals surface area (Å²) in [6.45, 7) is 0.787. The maximum atomic E-state index is 11.3. The van der Waals surface area contributed by atoms with Gasteiger partial charge >= 0.3 is 0 Å². The van der Waals surface area contributed by atoms with E-state index in [1.807, 2.05) is 0 Å². The van der Waals surface area contributed by atoms with E-state index in [-0.39, 0.29) is 23.7 Å². The van der Waals surface area contributed by atoms with Gasteiger partial charge in [-0.1, -0.05) is 0 Å². The second-order valence-corrected chi connectivity index (χ2v) is 4.02. The first-order valence-electron chi connectivity index (χ1n) is 4.75. The molecule has 4 nitrogen and oxygen atoms in total. The molecule has 1 saturated carbocycles. The summed E-state index contributed by atoms with van der Waals surface area (Å²) in [5, 5.41) is 2.83. The first-order chi connectivity index (χ1) is 6.18. The predicted molar refractivity (Wildman–Crippen MR) is 46.5 cm³/mol. The van der Waals surface area contributed by atoms with E-state index in [1.54, 1.807) is 0 Å². The van der Waals surface area contributed by atoms with Crippen LogP contribution in [0.25, 0.3) is 0 Å². The van der Waals surface area contributed by atoms with Gasteiger partial charge in [-0.05, 0) is 25.2 Å². The second kappa shape index (κ2) is 3.01. The van der Waals surface area contributed by atoms with Crippen molar-refractivity contribution in [2.24, 2.45) is 23.5 Å². The fraction of sp³-hybridized carbons (Fsp3) is 0.778. The molecule has 72 valence electrons. The third kappa shape index (κ3) is 1.41. The van der Waals surface area contributed by atoms with Crippen LogP contribution in [0.4, 0.5) is 0 Å². The number of primary amides is 1. The van der Waals surface area contributed by atoms with Crippen molar-refractivity contribution in [1.82, 2.24) is 5.32 Å². The maximum absolute atomic E-state index is 11.3. The van der Waals surface area contributed by atoms with Gasteiger partial charge in [0.25, 0.3) is 0 Å². The molecule has 3 atom stereocenters. The quantitative estimate of drug-likeness (QED) is 0.581. The van der Waals surface area contributed by atoms with Gasteiger partial charge in [0.1, 0.15) is 0 Å². The number of nitrogens with one attached hydrogen (secondary N) is 1. The van der Waals surface area contributed by atoms with E-state index >= 15 is 0 Å². The number of rotatable bonds is 1. The lowest BCUT2D eigenvalue weighted by Crippen LogP contribution is -2.33. The van der Waals surface area contributed by atoms with Crippen LogP contribution in [0.1, 0.15) is 19.3 Å². The Hall–Kier alpha value is -1.06. The molecule has 1 aliphatic carbocycles. The Morgan fingerprint density at radius 2 is 2.23 bits per heavy atom. The number of carbonyl (C=O) groups excluding carboxylic acids is 2. The zero-order valence-corrected chi connectivity index (χ0v) is 7.45. The third-order valence-corrected chi connectivity index (χ3v) is 3.27. The zero-order valence-electron chi connectivity index (χ0n) is 7.45. The van der Waals surface area contributed by atoms with E-state index < -0.39 is 0 Å². The first kappa shape index (κ1) is 8.53. The number of hydrogen-bond acceptors (Lipinski definition) is 2. The van der Waals surface area contributed by atoms with Gasteiger partial charge in [0.05, 0.1) is 0 Å². The molecule has 1 aliphatic heterocycles. The number of fused-ring (bicyclic) bond motifs is 1. The van der Waals surface area contributed by atoms with Gasteiger partial charge in [0, 0.05) is 18.4 Å². The zero-order chi connectivity index (χ0) is 9.42. The van der Waals surface area contributed by atoms with E-state index in [9.17, 15) is 9.59 Å². The first-order valence-corrected chi connectivity index (χ1v) is 4.75. The van der Waals surface area contributed by atoms with Crippen molar-refractivity contribution in [3.8, 4) is 0 Å². The van der Waals surface area contributed by atoms with Crippen LogP contribution in [0, 0.1) is 17.8 Å². The summed E-state index contributed by atoms with van der Waals surface area (Å²) in [4.78, 5) is 22.3. The van der Waals surface area contributed by atoms with E-state index in [1.165, 1.54) is 0 Å². The van der Waals surface area contributed by atoms with Crippen molar-refractivity contribution in [3.63, 3.8) is 0 Å². The number of carbonyl (C=O) groups is 2. The van der Waals surface area contributed by atoms with Crippen molar-refractivity contribution in [2.45, 2.75) is 19.3 Å². The highest BCUT2D eigenvalue weighted by Gasteiger charge is 2.40. The van der Waals surface area contributed by atoms with Crippen LogP contribution in [-0.4, -0.2) is 18.4 Å². The smallest absolute Gasteiger partial charge is 0.223 e. The van der Waals surface area contributed by atoms with Gasteiger partial charge in [0.15, 0.2) is 0 Å². The van der Waals surface area contributed by atoms with Gasteiger partial charge in [0.2, 0.25) is 11.8 Å². The Morgan fingerprint density at radius 1 is 1.46 bits per heavy atom. The molecule has 3 N–H and O–H groups in total. The Morgan fingerprint density at radius 3 is 2.92 bits per heavy atom. The molecule has 0 radical (unpaired) electrons. The largest absolute Gasteiger partial charge is 0.369 e. The van der Waals surface area contributed by atoms with Crippen molar-refractivity contribution in [2.75, 3.05) is 6.54 Å². The van der Waals surface area contributed by atoms with Crippen molar-refractivity contribution in [3.05, 3.63) is 0 Å². The summed E-state index contributed by atoms with van der Waals surface area (Å²) >= 11 is 0. The van der Waals surface area contributed by atoms with Crippen LogP contribution in [0.15, 0.2) is 0 Å². The van der Waals surface area contributed by atoms with Gasteiger partial charge in [-0.15, -0.1) is 0 Å². The summed E-state index contributed by atoms with van der Waals surface area (Å²) in [6, 6.07) is 0. The van der Waals surface area contributed by atoms with Crippen molar-refractivity contribution >= 4 is 11.8 Å². The third-order valence-electron chi connectivity index (χ3n) is 3.27. The molecule has 1 heterocycles. The van der Waals surface area contributed by atoms with Crippen LogP contribution in [-0.2, 0) is 9.59 Å². The van der Waals surface area contributed by atoms with Crippen LogP contribution < -0.4 is 11.1 Å². The lowest BCUT2D eigenvalue weighted by molar-refractivity contribution is -0.127. The Balaban J connectivity index is 2.05. The second-order valence-electron chi connectivity index (χ2n) is 4.02. The highest BCUT2D eigenvalue weighted by atomic mass is 16.2. The molecule has 0 spiro atoms. The predicted octanol–water partition coefficient (Wildman–Crippen LogP) is -0.366. The molecule has 2 rings (SSSR count). The van der Waals surface area contributed by atoms with Crippen LogP contribution in [0.2, 0.25) is 0 Å². The molecule has 13 heavy (non-hydrogen) atoms. The number of amides is 2. The summed E-state index contributed by atoms with van der Waals surface area (Å²) < 4.78 is 0. The summed E-state index contributed by atoms with van der Waals surface area (Å²) in [5.74, 6) is 0.272. The molecule has 0 aromatic rings.